The zero-order chi connectivity index (χ0) is 17.7. The van der Waals surface area contributed by atoms with Gasteiger partial charge in [0.25, 0.3) is 0 Å². The monoisotopic (exact) mass is 331 g/mol. The number of carbonyl (C=O) groups is 2. The minimum atomic E-state index is -0.488. The van der Waals surface area contributed by atoms with Crippen LogP contribution < -0.4 is 0 Å². The van der Waals surface area contributed by atoms with Crippen LogP contribution in [0.3, 0.4) is 0 Å². The molecule has 0 unspecified atom stereocenters. The van der Waals surface area contributed by atoms with Crippen molar-refractivity contribution >= 4 is 18.1 Å². The van der Waals surface area contributed by atoms with E-state index >= 15 is 0 Å². The minimum absolute atomic E-state index is 0.0418. The van der Waals surface area contributed by atoms with E-state index in [1.54, 1.807) is 17.0 Å². The summed E-state index contributed by atoms with van der Waals surface area (Å²) in [5, 5.41) is 0. The Kier molecular flexibility index (Phi) is 5.65. The van der Waals surface area contributed by atoms with Gasteiger partial charge in [0.2, 0.25) is 0 Å². The fraction of sp³-hybridized carbons (Fsp3) is 0.474. The molecule has 0 radical (unpaired) electrons. The normalized spacial score (nSPS) is 18.0. The second kappa shape index (κ2) is 7.51. The summed E-state index contributed by atoms with van der Waals surface area (Å²) in [5.41, 5.74) is 1.00. The van der Waals surface area contributed by atoms with Crippen LogP contribution in [0, 0.1) is 0 Å². The van der Waals surface area contributed by atoms with Gasteiger partial charge in [-0.1, -0.05) is 24.3 Å². The van der Waals surface area contributed by atoms with E-state index in [0.717, 1.165) is 18.4 Å². The highest BCUT2D eigenvalue weighted by Gasteiger charge is 2.30. The number of hydrogen-bond acceptors (Lipinski definition) is 4. The Labute approximate surface area is 143 Å². The average Bonchev–Trinajstić information content (AvgIpc) is 2.99. The Morgan fingerprint density at radius 2 is 1.88 bits per heavy atom. The van der Waals surface area contributed by atoms with Gasteiger partial charge >= 0.3 is 12.1 Å². The summed E-state index contributed by atoms with van der Waals surface area (Å²) in [6, 6.07) is 7.21. The number of nitrogens with zero attached hydrogens (tertiary/aromatic N) is 1. The van der Waals surface area contributed by atoms with Crippen LogP contribution in [-0.2, 0) is 9.47 Å². The van der Waals surface area contributed by atoms with E-state index in [4.69, 9.17) is 4.74 Å². The molecule has 1 saturated heterocycles. The van der Waals surface area contributed by atoms with Crippen molar-refractivity contribution in [2.24, 2.45) is 0 Å². The van der Waals surface area contributed by atoms with Gasteiger partial charge < -0.3 is 14.4 Å². The Hall–Kier alpha value is -2.30. The summed E-state index contributed by atoms with van der Waals surface area (Å²) >= 11 is 0. The molecule has 1 aliphatic heterocycles. The van der Waals surface area contributed by atoms with E-state index in [1.165, 1.54) is 7.11 Å². The standard InChI is InChI=1S/C19H25NO4/c1-19(2,3)24-18(22)20-13-5-6-16(20)12-9-14-7-10-15(11-8-14)17(21)23-4/h7-12,16H,5-6,13H2,1-4H3/b12-9+/t16-/m0/s1. The predicted octanol–water partition coefficient (Wildman–Crippen LogP) is 3.89. The van der Waals surface area contributed by atoms with Gasteiger partial charge in [0, 0.05) is 6.54 Å². The molecule has 0 bridgehead atoms. The fourth-order valence-electron chi connectivity index (χ4n) is 2.61. The number of methoxy groups -OCH3 is 1. The molecular weight excluding hydrogens is 306 g/mol. The van der Waals surface area contributed by atoms with Gasteiger partial charge in [-0.3, -0.25) is 0 Å². The first-order valence-electron chi connectivity index (χ1n) is 8.16. The molecule has 130 valence electrons. The van der Waals surface area contributed by atoms with Crippen molar-refractivity contribution in [2.45, 2.75) is 45.3 Å². The van der Waals surface area contributed by atoms with Crippen LogP contribution in [0.15, 0.2) is 30.3 Å². The highest BCUT2D eigenvalue weighted by molar-refractivity contribution is 5.89. The number of ether oxygens (including phenoxy) is 2. The summed E-state index contributed by atoms with van der Waals surface area (Å²) in [4.78, 5) is 25.4. The number of likely N-dealkylation sites (tertiary alicyclic amines) is 1. The third-order valence-corrected chi connectivity index (χ3v) is 3.77. The molecule has 1 amide bonds. The predicted molar refractivity (Wildman–Crippen MR) is 92.8 cm³/mol. The number of amides is 1. The first-order valence-corrected chi connectivity index (χ1v) is 8.16. The zero-order valence-corrected chi connectivity index (χ0v) is 14.7. The summed E-state index contributed by atoms with van der Waals surface area (Å²) < 4.78 is 10.1. The molecule has 1 fully saturated rings. The van der Waals surface area contributed by atoms with E-state index < -0.39 is 5.60 Å². The maximum atomic E-state index is 12.3. The SMILES string of the molecule is COC(=O)c1ccc(/C=C/[C@@H]2CCCN2C(=O)OC(C)(C)C)cc1. The fourth-order valence-corrected chi connectivity index (χ4v) is 2.61. The van der Waals surface area contributed by atoms with Crippen molar-refractivity contribution in [2.75, 3.05) is 13.7 Å². The Bertz CT molecular complexity index is 613. The van der Waals surface area contributed by atoms with E-state index in [0.29, 0.717) is 12.1 Å². The van der Waals surface area contributed by atoms with Crippen molar-refractivity contribution in [1.82, 2.24) is 4.90 Å². The second-order valence-electron chi connectivity index (χ2n) is 6.86. The molecule has 1 aromatic carbocycles. The van der Waals surface area contributed by atoms with Crippen LogP contribution in [0.5, 0.6) is 0 Å². The lowest BCUT2D eigenvalue weighted by Gasteiger charge is -2.27. The van der Waals surface area contributed by atoms with Crippen molar-refractivity contribution in [3.63, 3.8) is 0 Å². The zero-order valence-electron chi connectivity index (χ0n) is 14.7. The first-order chi connectivity index (χ1) is 11.3. The number of hydrogen-bond donors (Lipinski definition) is 0. The third kappa shape index (κ3) is 4.85. The first kappa shape index (κ1) is 18.0. The topological polar surface area (TPSA) is 55.8 Å². The lowest BCUT2D eigenvalue weighted by Crippen LogP contribution is -2.39. The summed E-state index contributed by atoms with van der Waals surface area (Å²) in [6.07, 6.45) is 5.61. The van der Waals surface area contributed by atoms with Gasteiger partial charge in [-0.25, -0.2) is 9.59 Å². The van der Waals surface area contributed by atoms with Gasteiger partial charge in [-0.05, 0) is 51.3 Å². The van der Waals surface area contributed by atoms with Gasteiger partial charge in [0.1, 0.15) is 5.60 Å². The largest absolute Gasteiger partial charge is 0.465 e. The highest BCUT2D eigenvalue weighted by Crippen LogP contribution is 2.22. The Morgan fingerprint density at radius 1 is 1.21 bits per heavy atom. The number of esters is 1. The molecule has 0 saturated carbocycles. The number of carbonyl (C=O) groups excluding carboxylic acids is 2. The van der Waals surface area contributed by atoms with Gasteiger partial charge in [-0.15, -0.1) is 0 Å². The van der Waals surface area contributed by atoms with Crippen molar-refractivity contribution in [3.8, 4) is 0 Å². The molecule has 24 heavy (non-hydrogen) atoms. The molecule has 1 atom stereocenters. The van der Waals surface area contributed by atoms with Gasteiger partial charge in [0.15, 0.2) is 0 Å². The van der Waals surface area contributed by atoms with Crippen LogP contribution >= 0.6 is 0 Å². The lowest BCUT2D eigenvalue weighted by molar-refractivity contribution is 0.0256. The molecule has 2 rings (SSSR count). The lowest BCUT2D eigenvalue weighted by atomic mass is 10.1. The van der Waals surface area contributed by atoms with Crippen LogP contribution in [0.4, 0.5) is 4.79 Å². The molecule has 1 heterocycles. The van der Waals surface area contributed by atoms with E-state index in [2.05, 4.69) is 4.74 Å². The van der Waals surface area contributed by atoms with Crippen molar-refractivity contribution in [1.29, 1.82) is 0 Å². The maximum absolute atomic E-state index is 12.3. The molecule has 1 aromatic rings. The molecule has 1 aliphatic rings. The maximum Gasteiger partial charge on any atom is 0.410 e. The smallest absolute Gasteiger partial charge is 0.410 e. The number of rotatable bonds is 3. The Balaban J connectivity index is 2.02. The van der Waals surface area contributed by atoms with E-state index in [-0.39, 0.29) is 18.1 Å². The van der Waals surface area contributed by atoms with Crippen molar-refractivity contribution < 1.29 is 19.1 Å². The van der Waals surface area contributed by atoms with E-state index in [9.17, 15) is 9.59 Å². The average molecular weight is 331 g/mol. The summed E-state index contributed by atoms with van der Waals surface area (Å²) in [5.74, 6) is -0.350. The third-order valence-electron chi connectivity index (χ3n) is 3.77. The quantitative estimate of drug-likeness (QED) is 0.789. The molecule has 0 aromatic heterocycles. The van der Waals surface area contributed by atoms with Crippen LogP contribution in [0.2, 0.25) is 0 Å². The summed E-state index contributed by atoms with van der Waals surface area (Å²) in [6.45, 7) is 6.32. The molecule has 5 heteroatoms. The molecular formula is C19H25NO4. The van der Waals surface area contributed by atoms with Gasteiger partial charge in [0.05, 0.1) is 18.7 Å². The molecule has 0 spiro atoms. The summed E-state index contributed by atoms with van der Waals surface area (Å²) in [7, 11) is 1.36. The minimum Gasteiger partial charge on any atom is -0.465 e. The Morgan fingerprint density at radius 3 is 2.46 bits per heavy atom. The second-order valence-corrected chi connectivity index (χ2v) is 6.86. The molecule has 5 nitrogen and oxygen atoms in total. The van der Waals surface area contributed by atoms with Crippen molar-refractivity contribution in [3.05, 3.63) is 41.5 Å². The van der Waals surface area contributed by atoms with E-state index in [1.807, 2.05) is 45.1 Å². The van der Waals surface area contributed by atoms with Crippen LogP contribution in [0.1, 0.15) is 49.5 Å². The van der Waals surface area contributed by atoms with Crippen LogP contribution in [-0.4, -0.2) is 42.3 Å². The highest BCUT2D eigenvalue weighted by atomic mass is 16.6. The molecule has 0 aliphatic carbocycles. The molecule has 0 N–H and O–H groups in total. The van der Waals surface area contributed by atoms with Crippen LogP contribution in [0.25, 0.3) is 6.08 Å². The number of benzene rings is 1. The van der Waals surface area contributed by atoms with Gasteiger partial charge in [-0.2, -0.15) is 0 Å².